The molecule has 1 N–H and O–H groups in total. The fraction of sp³-hybridized carbons (Fsp3) is 0.333. The Kier molecular flexibility index (Phi) is 4.92. The van der Waals surface area contributed by atoms with Gasteiger partial charge < -0.3 is 4.90 Å². The van der Waals surface area contributed by atoms with Crippen LogP contribution < -0.4 is 9.80 Å². The van der Waals surface area contributed by atoms with E-state index in [4.69, 9.17) is 0 Å². The number of hydrogen-bond donors (Lipinski definition) is 1. The summed E-state index contributed by atoms with van der Waals surface area (Å²) in [5.74, 6) is 0. The number of nitrogens with one attached hydrogen (secondary N) is 1. The van der Waals surface area contributed by atoms with Crippen molar-refractivity contribution in [1.29, 1.82) is 0 Å². The van der Waals surface area contributed by atoms with Crippen molar-refractivity contribution in [3.63, 3.8) is 0 Å². The van der Waals surface area contributed by atoms with Gasteiger partial charge in [-0.1, -0.05) is 86.7 Å². The summed E-state index contributed by atoms with van der Waals surface area (Å²) >= 11 is 0. The summed E-state index contributed by atoms with van der Waals surface area (Å²) in [6.45, 7) is 9.67. The Morgan fingerprint density at radius 3 is 2.09 bits per heavy atom. The molecule has 4 aromatic rings. The van der Waals surface area contributed by atoms with Crippen LogP contribution in [0.1, 0.15) is 45.2 Å². The predicted octanol–water partition coefficient (Wildman–Crippen LogP) is 6.54. The van der Waals surface area contributed by atoms with Crippen molar-refractivity contribution >= 4 is 32.9 Å². The highest BCUT2D eigenvalue weighted by Gasteiger charge is 2.47. The van der Waals surface area contributed by atoms with Gasteiger partial charge in [-0.15, -0.1) is 0 Å². The lowest BCUT2D eigenvalue weighted by atomic mass is 9.78. The normalized spacial score (nSPS) is 24.4. The molecule has 0 aromatic heterocycles. The Labute approximate surface area is 209 Å². The summed E-state index contributed by atoms with van der Waals surface area (Å²) in [6, 6.07) is 27.8. The van der Waals surface area contributed by atoms with Crippen LogP contribution in [-0.2, 0) is 10.8 Å². The van der Waals surface area contributed by atoms with E-state index in [9.17, 15) is 0 Å². The molecule has 0 saturated heterocycles. The molecule has 3 atom stereocenters. The van der Waals surface area contributed by atoms with E-state index in [1.165, 1.54) is 48.9 Å². The summed E-state index contributed by atoms with van der Waals surface area (Å²) < 4.78 is 0. The average molecular weight is 462 g/mol. The maximum absolute atomic E-state index is 2.54. The fourth-order valence-corrected chi connectivity index (χ4v) is 7.25. The monoisotopic (exact) mass is 461 g/mol. The van der Waals surface area contributed by atoms with Crippen LogP contribution in [0.2, 0.25) is 0 Å². The van der Waals surface area contributed by atoms with Crippen LogP contribution in [0.4, 0.5) is 11.4 Å². The minimum absolute atomic E-state index is 0.0935. The number of fused-ring (bicyclic) bond motifs is 6. The number of nitrogens with zero attached hydrogens (tertiary/aromatic N) is 1. The van der Waals surface area contributed by atoms with E-state index in [0.717, 1.165) is 6.42 Å². The van der Waals surface area contributed by atoms with Crippen molar-refractivity contribution in [2.45, 2.75) is 57.0 Å². The molecule has 0 radical (unpaired) electrons. The van der Waals surface area contributed by atoms with E-state index in [1.54, 1.807) is 0 Å². The van der Waals surface area contributed by atoms with E-state index in [0.29, 0.717) is 12.1 Å². The number of hydrogen-bond acceptors (Lipinski definition) is 1. The van der Waals surface area contributed by atoms with E-state index >= 15 is 0 Å². The Morgan fingerprint density at radius 1 is 0.771 bits per heavy atom. The Morgan fingerprint density at radius 2 is 1.37 bits per heavy atom. The highest BCUT2D eigenvalue weighted by molar-refractivity contribution is 5.98. The first kappa shape index (κ1) is 22.4. The van der Waals surface area contributed by atoms with Gasteiger partial charge in [0, 0.05) is 40.5 Å². The molecule has 2 aliphatic heterocycles. The molecule has 178 valence electrons. The molecule has 2 heteroatoms. The van der Waals surface area contributed by atoms with Crippen LogP contribution in [-0.4, -0.2) is 26.2 Å². The summed E-state index contributed by atoms with van der Waals surface area (Å²) in [4.78, 5) is 4.05. The SMILES string of the molecule is CN1c2c(ccc3ccccc23)C(C)(C)C1CC=CC1[NH+](C)c2c(ccc3ccccc23)C1(C)C. The van der Waals surface area contributed by atoms with Crippen molar-refractivity contribution < 1.29 is 4.90 Å². The van der Waals surface area contributed by atoms with E-state index < -0.39 is 0 Å². The lowest BCUT2D eigenvalue weighted by Gasteiger charge is -2.32. The summed E-state index contributed by atoms with van der Waals surface area (Å²) in [5, 5.41) is 5.43. The highest BCUT2D eigenvalue weighted by Crippen LogP contribution is 2.49. The summed E-state index contributed by atoms with van der Waals surface area (Å²) in [5.41, 5.74) is 6.03. The molecule has 0 fully saturated rings. The zero-order valence-electron chi connectivity index (χ0n) is 21.9. The van der Waals surface area contributed by atoms with Crippen molar-refractivity contribution in [2.75, 3.05) is 19.0 Å². The van der Waals surface area contributed by atoms with Gasteiger partial charge in [0.2, 0.25) is 0 Å². The van der Waals surface area contributed by atoms with Crippen molar-refractivity contribution in [1.82, 2.24) is 0 Å². The maximum Gasteiger partial charge on any atom is 0.143 e. The minimum atomic E-state index is 0.0935. The molecular formula is C33H37N2+. The molecule has 2 nitrogen and oxygen atoms in total. The van der Waals surface area contributed by atoms with Gasteiger partial charge in [-0.3, -0.25) is 4.90 Å². The summed E-state index contributed by atoms with van der Waals surface area (Å²) in [7, 11) is 4.64. The van der Waals surface area contributed by atoms with E-state index in [1.807, 2.05) is 0 Å². The van der Waals surface area contributed by atoms with Crippen molar-refractivity contribution in [3.8, 4) is 0 Å². The van der Waals surface area contributed by atoms with Crippen LogP contribution in [0.15, 0.2) is 84.9 Å². The zero-order valence-corrected chi connectivity index (χ0v) is 21.9. The third-order valence-electron chi connectivity index (χ3n) is 9.20. The molecule has 0 bridgehead atoms. The number of anilines is 1. The van der Waals surface area contributed by atoms with Gasteiger partial charge in [0.1, 0.15) is 11.7 Å². The molecule has 6 rings (SSSR count). The number of likely N-dealkylation sites (N-methyl/N-ethyl adjacent to an activating group) is 2. The van der Waals surface area contributed by atoms with Gasteiger partial charge in [0.05, 0.1) is 12.5 Å². The van der Waals surface area contributed by atoms with E-state index in [-0.39, 0.29) is 10.8 Å². The highest BCUT2D eigenvalue weighted by atomic mass is 15.2. The van der Waals surface area contributed by atoms with Crippen LogP contribution in [0.25, 0.3) is 21.5 Å². The zero-order chi connectivity index (χ0) is 24.5. The van der Waals surface area contributed by atoms with Crippen LogP contribution in [0.3, 0.4) is 0 Å². The lowest BCUT2D eigenvalue weighted by molar-refractivity contribution is -0.827. The number of quaternary nitrogens is 1. The Hall–Kier alpha value is -3.10. The largest absolute Gasteiger partial charge is 0.370 e. The second kappa shape index (κ2) is 7.70. The molecule has 0 spiro atoms. The first-order valence-corrected chi connectivity index (χ1v) is 13.0. The molecule has 2 aliphatic rings. The molecule has 0 aliphatic carbocycles. The van der Waals surface area contributed by atoms with Gasteiger partial charge in [-0.2, -0.15) is 0 Å². The van der Waals surface area contributed by atoms with E-state index in [2.05, 4.69) is 132 Å². The average Bonchev–Trinajstić information content (AvgIpc) is 3.17. The minimum Gasteiger partial charge on any atom is -0.370 e. The Bertz CT molecular complexity index is 1480. The van der Waals surface area contributed by atoms with Crippen LogP contribution in [0, 0.1) is 0 Å². The second-order valence-corrected chi connectivity index (χ2v) is 11.8. The van der Waals surface area contributed by atoms with Gasteiger partial charge in [0.15, 0.2) is 0 Å². The first-order valence-electron chi connectivity index (χ1n) is 13.0. The molecular weight excluding hydrogens is 424 g/mol. The smallest absolute Gasteiger partial charge is 0.143 e. The third kappa shape index (κ3) is 3.12. The third-order valence-corrected chi connectivity index (χ3v) is 9.20. The molecule has 35 heavy (non-hydrogen) atoms. The molecule has 2 heterocycles. The quantitative estimate of drug-likeness (QED) is 0.340. The van der Waals surface area contributed by atoms with Crippen molar-refractivity contribution in [3.05, 3.63) is 96.1 Å². The van der Waals surface area contributed by atoms with Crippen LogP contribution >= 0.6 is 0 Å². The number of benzene rings is 4. The molecule has 0 saturated carbocycles. The van der Waals surface area contributed by atoms with Crippen LogP contribution in [0.5, 0.6) is 0 Å². The van der Waals surface area contributed by atoms with Gasteiger partial charge in [-0.05, 0) is 48.7 Å². The predicted molar refractivity (Wildman–Crippen MR) is 150 cm³/mol. The maximum atomic E-state index is 2.54. The second-order valence-electron chi connectivity index (χ2n) is 11.8. The van der Waals surface area contributed by atoms with Crippen molar-refractivity contribution in [2.24, 2.45) is 0 Å². The van der Waals surface area contributed by atoms with Gasteiger partial charge in [-0.25, -0.2) is 0 Å². The van der Waals surface area contributed by atoms with Gasteiger partial charge >= 0.3 is 0 Å². The Balaban J connectivity index is 1.31. The molecule has 4 aromatic carbocycles. The summed E-state index contributed by atoms with van der Waals surface area (Å²) in [6.07, 6.45) is 6.03. The molecule has 3 unspecified atom stereocenters. The topological polar surface area (TPSA) is 7.68 Å². The first-order chi connectivity index (χ1) is 16.7. The standard InChI is InChI=1S/C33H36N2/c1-32(2)26-20-18-22-12-7-9-14-24(22)30(26)34(5)28(32)16-11-17-29-33(3,4)27-21-19-23-13-8-10-15-25(23)31(27)35(29)6/h7-16,18-21,28-29H,17H2,1-6H3/p+1. The fourth-order valence-electron chi connectivity index (χ4n) is 7.25. The molecule has 0 amide bonds. The number of rotatable bonds is 3. The van der Waals surface area contributed by atoms with Gasteiger partial charge in [0.25, 0.3) is 0 Å². The lowest BCUT2D eigenvalue weighted by Crippen LogP contribution is -3.07.